The second kappa shape index (κ2) is 9.17. The molecule has 0 aliphatic heterocycles. The molecule has 1 atom stereocenters. The average Bonchev–Trinajstić information content (AvgIpc) is 2.39. The fraction of sp³-hybridized carbons (Fsp3) is 0.385. The van der Waals surface area contributed by atoms with Crippen molar-refractivity contribution in [2.45, 2.75) is 25.8 Å². The molecule has 0 radical (unpaired) electrons. The van der Waals surface area contributed by atoms with Crippen molar-refractivity contribution >= 4 is 35.7 Å². The van der Waals surface area contributed by atoms with E-state index in [2.05, 4.69) is 16.0 Å². The van der Waals surface area contributed by atoms with Crippen LogP contribution in [0, 0.1) is 0 Å². The van der Waals surface area contributed by atoms with Crippen LogP contribution >= 0.6 is 12.4 Å². The zero-order chi connectivity index (χ0) is 14.3. The van der Waals surface area contributed by atoms with Gasteiger partial charge in [0, 0.05) is 18.4 Å². The Labute approximate surface area is 124 Å². The molecule has 0 fully saturated rings. The molecule has 1 rings (SSSR count). The molecule has 20 heavy (non-hydrogen) atoms. The van der Waals surface area contributed by atoms with Crippen LogP contribution in [0.2, 0.25) is 0 Å². The third-order valence-electron chi connectivity index (χ3n) is 2.55. The number of rotatable bonds is 5. The number of carbonyl (C=O) groups excluding carboxylic acids is 2. The zero-order valence-electron chi connectivity index (χ0n) is 11.6. The molecule has 0 aliphatic carbocycles. The summed E-state index contributed by atoms with van der Waals surface area (Å²) in [6, 6.07) is 6.06. The van der Waals surface area contributed by atoms with Crippen LogP contribution in [0.1, 0.15) is 19.8 Å². The Morgan fingerprint density at radius 1 is 1.25 bits per heavy atom. The summed E-state index contributed by atoms with van der Waals surface area (Å²) in [5.41, 5.74) is 6.92. The van der Waals surface area contributed by atoms with Gasteiger partial charge in [0.25, 0.3) is 0 Å². The second-order valence-corrected chi connectivity index (χ2v) is 4.17. The summed E-state index contributed by atoms with van der Waals surface area (Å²) in [7, 11) is 1.53. The Hall–Kier alpha value is -1.79. The highest BCUT2D eigenvalue weighted by Gasteiger charge is 2.12. The Morgan fingerprint density at radius 3 is 2.40 bits per heavy atom. The third kappa shape index (κ3) is 5.90. The summed E-state index contributed by atoms with van der Waals surface area (Å²) in [5.74, 6) is -0.223. The summed E-state index contributed by atoms with van der Waals surface area (Å²) in [4.78, 5) is 22.9. The average molecular weight is 301 g/mol. The van der Waals surface area contributed by atoms with E-state index in [1.54, 1.807) is 24.3 Å². The molecular weight excluding hydrogens is 280 g/mol. The lowest BCUT2D eigenvalue weighted by atomic mass is 10.1. The zero-order valence-corrected chi connectivity index (χ0v) is 12.4. The van der Waals surface area contributed by atoms with Crippen LogP contribution < -0.4 is 21.7 Å². The molecule has 3 amide bonds. The lowest BCUT2D eigenvalue weighted by Gasteiger charge is -2.12. The highest BCUT2D eigenvalue weighted by Crippen LogP contribution is 2.15. The Kier molecular flexibility index (Phi) is 8.35. The van der Waals surface area contributed by atoms with E-state index in [1.807, 2.05) is 6.92 Å². The van der Waals surface area contributed by atoms with Crippen LogP contribution in [0.4, 0.5) is 16.2 Å². The van der Waals surface area contributed by atoms with Gasteiger partial charge >= 0.3 is 6.03 Å². The largest absolute Gasteiger partial charge is 0.341 e. The summed E-state index contributed by atoms with van der Waals surface area (Å²) < 4.78 is 0. The van der Waals surface area contributed by atoms with Crippen LogP contribution in [0.5, 0.6) is 0 Å². The van der Waals surface area contributed by atoms with Crippen LogP contribution in [0.15, 0.2) is 24.3 Å². The van der Waals surface area contributed by atoms with Crippen LogP contribution in [-0.4, -0.2) is 25.0 Å². The number of halogens is 1. The number of benzene rings is 1. The fourth-order valence-electron chi connectivity index (χ4n) is 1.55. The van der Waals surface area contributed by atoms with Gasteiger partial charge in [-0.05, 0) is 24.6 Å². The minimum atomic E-state index is -0.513. The minimum Gasteiger partial charge on any atom is -0.341 e. The summed E-state index contributed by atoms with van der Waals surface area (Å²) in [5, 5.41) is 7.80. The van der Waals surface area contributed by atoms with E-state index < -0.39 is 6.04 Å². The number of urea groups is 1. The first kappa shape index (κ1) is 18.2. The molecule has 1 aromatic carbocycles. The van der Waals surface area contributed by atoms with E-state index in [0.29, 0.717) is 17.8 Å². The smallest absolute Gasteiger partial charge is 0.318 e. The lowest BCUT2D eigenvalue weighted by Crippen LogP contribution is -2.35. The molecule has 7 heteroatoms. The van der Waals surface area contributed by atoms with Gasteiger partial charge < -0.3 is 21.7 Å². The molecule has 0 saturated carbocycles. The van der Waals surface area contributed by atoms with Crippen LogP contribution in [0.25, 0.3) is 0 Å². The van der Waals surface area contributed by atoms with Gasteiger partial charge in [-0.2, -0.15) is 0 Å². The molecule has 0 saturated heterocycles. The van der Waals surface area contributed by atoms with E-state index in [1.165, 1.54) is 7.05 Å². The fourth-order valence-corrected chi connectivity index (χ4v) is 1.55. The number of hydrogen-bond acceptors (Lipinski definition) is 3. The molecule has 0 spiro atoms. The van der Waals surface area contributed by atoms with Crippen molar-refractivity contribution in [3.8, 4) is 0 Å². The maximum atomic E-state index is 11.8. The topological polar surface area (TPSA) is 96.2 Å². The van der Waals surface area contributed by atoms with Gasteiger partial charge in [0.1, 0.15) is 0 Å². The van der Waals surface area contributed by atoms with Gasteiger partial charge in [-0.25, -0.2) is 4.79 Å². The van der Waals surface area contributed by atoms with Crippen molar-refractivity contribution in [2.24, 2.45) is 5.73 Å². The SMILES string of the molecule is CCCC(N)C(=O)Nc1cccc(NC(=O)NC)c1.Cl. The number of nitrogens with two attached hydrogens (primary N) is 1. The van der Waals surface area contributed by atoms with Crippen molar-refractivity contribution in [1.29, 1.82) is 0 Å². The quantitative estimate of drug-likeness (QED) is 0.669. The number of nitrogens with one attached hydrogen (secondary N) is 3. The molecule has 6 nitrogen and oxygen atoms in total. The monoisotopic (exact) mass is 300 g/mol. The van der Waals surface area contributed by atoms with Crippen molar-refractivity contribution in [2.75, 3.05) is 17.7 Å². The highest BCUT2D eigenvalue weighted by atomic mass is 35.5. The molecular formula is C13H21ClN4O2. The standard InChI is InChI=1S/C13H20N4O2.ClH/c1-3-5-11(14)12(18)16-9-6-4-7-10(8-9)17-13(19)15-2;/h4,6-8,11H,3,5,14H2,1-2H3,(H,16,18)(H2,15,17,19);1H. The summed E-state index contributed by atoms with van der Waals surface area (Å²) >= 11 is 0. The van der Waals surface area contributed by atoms with Crippen molar-refractivity contribution in [3.63, 3.8) is 0 Å². The molecule has 1 unspecified atom stereocenters. The van der Waals surface area contributed by atoms with E-state index >= 15 is 0 Å². The predicted octanol–water partition coefficient (Wildman–Crippen LogP) is 1.93. The van der Waals surface area contributed by atoms with Crippen molar-refractivity contribution < 1.29 is 9.59 Å². The van der Waals surface area contributed by atoms with Gasteiger partial charge in [0.05, 0.1) is 6.04 Å². The maximum Gasteiger partial charge on any atom is 0.318 e. The van der Waals surface area contributed by atoms with Gasteiger partial charge in [-0.3, -0.25) is 4.79 Å². The number of anilines is 2. The van der Waals surface area contributed by atoms with Crippen molar-refractivity contribution in [3.05, 3.63) is 24.3 Å². The Morgan fingerprint density at radius 2 is 1.85 bits per heavy atom. The van der Waals surface area contributed by atoms with Gasteiger partial charge in [-0.15, -0.1) is 12.4 Å². The number of amides is 3. The predicted molar refractivity (Wildman–Crippen MR) is 83.3 cm³/mol. The lowest BCUT2D eigenvalue weighted by molar-refractivity contribution is -0.117. The highest BCUT2D eigenvalue weighted by molar-refractivity contribution is 5.96. The molecule has 0 heterocycles. The molecule has 0 aliphatic rings. The first-order chi connectivity index (χ1) is 9.06. The van der Waals surface area contributed by atoms with E-state index in [9.17, 15) is 9.59 Å². The maximum absolute atomic E-state index is 11.8. The van der Waals surface area contributed by atoms with Gasteiger partial charge in [-0.1, -0.05) is 19.4 Å². The molecule has 112 valence electrons. The van der Waals surface area contributed by atoms with E-state index in [-0.39, 0.29) is 24.3 Å². The normalized spacial score (nSPS) is 10.9. The van der Waals surface area contributed by atoms with Crippen LogP contribution in [0.3, 0.4) is 0 Å². The Balaban J connectivity index is 0.00000361. The van der Waals surface area contributed by atoms with Crippen LogP contribution in [-0.2, 0) is 4.79 Å². The van der Waals surface area contributed by atoms with Gasteiger partial charge in [0.15, 0.2) is 0 Å². The second-order valence-electron chi connectivity index (χ2n) is 4.17. The van der Waals surface area contributed by atoms with Crippen molar-refractivity contribution in [1.82, 2.24) is 5.32 Å². The molecule has 5 N–H and O–H groups in total. The first-order valence-corrected chi connectivity index (χ1v) is 6.22. The molecule has 0 bridgehead atoms. The Bertz CT molecular complexity index is 454. The summed E-state index contributed by atoms with van der Waals surface area (Å²) in [6.45, 7) is 1.97. The third-order valence-corrected chi connectivity index (χ3v) is 2.55. The summed E-state index contributed by atoms with van der Waals surface area (Å²) in [6.07, 6.45) is 1.49. The molecule has 1 aromatic rings. The number of hydrogen-bond donors (Lipinski definition) is 4. The van der Waals surface area contributed by atoms with E-state index in [0.717, 1.165) is 6.42 Å². The van der Waals surface area contributed by atoms with Gasteiger partial charge in [0.2, 0.25) is 5.91 Å². The minimum absolute atomic E-state index is 0. The number of carbonyl (C=O) groups is 2. The molecule has 0 aromatic heterocycles. The first-order valence-electron chi connectivity index (χ1n) is 6.22. The van der Waals surface area contributed by atoms with E-state index in [4.69, 9.17) is 5.73 Å².